The van der Waals surface area contributed by atoms with Crippen molar-refractivity contribution in [1.29, 1.82) is 0 Å². The third-order valence-corrected chi connectivity index (χ3v) is 5.09. The van der Waals surface area contributed by atoms with E-state index in [-0.39, 0.29) is 11.3 Å². The molecule has 0 saturated carbocycles. The summed E-state index contributed by atoms with van der Waals surface area (Å²) in [4.78, 5) is 17.4. The number of carbonyl (C=O) groups excluding carboxylic acids is 1. The molecule has 0 spiro atoms. The molecule has 0 N–H and O–H groups in total. The van der Waals surface area contributed by atoms with Gasteiger partial charge in [-0.25, -0.2) is 4.99 Å². The van der Waals surface area contributed by atoms with E-state index in [9.17, 15) is 4.79 Å². The summed E-state index contributed by atoms with van der Waals surface area (Å²) in [5.74, 6) is 1.79. The maximum Gasteiger partial charge on any atom is 0.202 e. The summed E-state index contributed by atoms with van der Waals surface area (Å²) < 4.78 is 11.7. The topological polar surface area (TPSA) is 47.9 Å². The molecule has 0 aromatic heterocycles. The Hall–Kier alpha value is -1.81. The number of allylic oxidation sites excluding steroid dienone is 1. The second-order valence-corrected chi connectivity index (χ2v) is 7.57. The van der Waals surface area contributed by atoms with Crippen molar-refractivity contribution in [2.45, 2.75) is 44.1 Å². The van der Waals surface area contributed by atoms with Crippen molar-refractivity contribution in [2.75, 3.05) is 19.6 Å². The zero-order valence-corrected chi connectivity index (χ0v) is 15.7. The number of fused-ring (bicyclic) bond motifs is 1. The summed E-state index contributed by atoms with van der Waals surface area (Å²) in [5, 5.41) is 0. The van der Waals surface area contributed by atoms with E-state index < -0.39 is 5.41 Å². The van der Waals surface area contributed by atoms with E-state index in [4.69, 9.17) is 26.1 Å². The maximum atomic E-state index is 12.6. The molecule has 0 amide bonds. The van der Waals surface area contributed by atoms with Gasteiger partial charge in [0.1, 0.15) is 17.8 Å². The largest absolute Gasteiger partial charge is 0.499 e. The molecule has 0 saturated heterocycles. The molecule has 1 aromatic carbocycles. The van der Waals surface area contributed by atoms with Gasteiger partial charge in [0.25, 0.3) is 0 Å². The lowest BCUT2D eigenvalue weighted by Gasteiger charge is -2.38. The summed E-state index contributed by atoms with van der Waals surface area (Å²) in [6.45, 7) is 4.61. The molecular formula is C20H24ClNO3. The van der Waals surface area contributed by atoms with Crippen molar-refractivity contribution in [3.8, 4) is 0 Å². The van der Waals surface area contributed by atoms with Crippen LogP contribution in [0.15, 0.2) is 41.1 Å². The van der Waals surface area contributed by atoms with Gasteiger partial charge in [0, 0.05) is 17.5 Å². The molecule has 1 atom stereocenters. The van der Waals surface area contributed by atoms with Crippen LogP contribution in [-0.4, -0.2) is 36.8 Å². The summed E-state index contributed by atoms with van der Waals surface area (Å²) in [5.41, 5.74) is 0.638. The Morgan fingerprint density at radius 3 is 2.68 bits per heavy atom. The fourth-order valence-corrected chi connectivity index (χ4v) is 3.82. The van der Waals surface area contributed by atoms with Gasteiger partial charge >= 0.3 is 0 Å². The monoisotopic (exact) mass is 361 g/mol. The van der Waals surface area contributed by atoms with Crippen LogP contribution in [0.2, 0.25) is 0 Å². The van der Waals surface area contributed by atoms with Crippen molar-refractivity contribution in [3.05, 3.63) is 47.2 Å². The molecule has 0 bridgehead atoms. The minimum atomic E-state index is -0.668. The lowest BCUT2D eigenvalue weighted by molar-refractivity contribution is 0.102. The van der Waals surface area contributed by atoms with Gasteiger partial charge in [-0.05, 0) is 32.3 Å². The average molecular weight is 362 g/mol. The molecule has 25 heavy (non-hydrogen) atoms. The normalized spacial score (nSPS) is 24.2. The first-order valence-corrected chi connectivity index (χ1v) is 9.17. The molecule has 1 heterocycles. The van der Waals surface area contributed by atoms with Gasteiger partial charge in [-0.2, -0.15) is 0 Å². The van der Waals surface area contributed by atoms with E-state index in [1.165, 1.54) is 0 Å². The first-order chi connectivity index (χ1) is 11.9. The van der Waals surface area contributed by atoms with Crippen molar-refractivity contribution in [1.82, 2.24) is 0 Å². The highest BCUT2D eigenvalue weighted by atomic mass is 35.5. The van der Waals surface area contributed by atoms with Crippen LogP contribution < -0.4 is 0 Å². The molecule has 1 aliphatic heterocycles. The number of carbonyl (C=O) groups is 1. The van der Waals surface area contributed by atoms with Gasteiger partial charge in [-0.3, -0.25) is 4.79 Å². The predicted octanol–water partition coefficient (Wildman–Crippen LogP) is 4.27. The summed E-state index contributed by atoms with van der Waals surface area (Å²) >= 11 is 5.90. The fraction of sp³-hybridized carbons (Fsp3) is 0.500. The number of unbranched alkanes of at least 4 members (excludes halogenated alkanes) is 1. The van der Waals surface area contributed by atoms with E-state index in [2.05, 4.69) is 0 Å². The number of ketones is 1. The Labute approximate surface area is 153 Å². The van der Waals surface area contributed by atoms with Gasteiger partial charge in [0.2, 0.25) is 5.90 Å². The Kier molecular flexibility index (Phi) is 4.92. The molecule has 4 nitrogen and oxygen atoms in total. The number of rotatable bonds is 6. The average Bonchev–Trinajstić information content (AvgIpc) is 2.97. The lowest BCUT2D eigenvalue weighted by atomic mass is 9.69. The van der Waals surface area contributed by atoms with Crippen molar-refractivity contribution >= 4 is 23.3 Å². The van der Waals surface area contributed by atoms with Gasteiger partial charge in [-0.15, -0.1) is 11.6 Å². The number of nitrogens with zero attached hydrogens (tertiary/aromatic N) is 1. The van der Waals surface area contributed by atoms with Crippen LogP contribution in [0.4, 0.5) is 0 Å². The number of methoxy groups -OCH3 is 1. The van der Waals surface area contributed by atoms with E-state index in [0.29, 0.717) is 29.7 Å². The Bertz CT molecular complexity index is 738. The Morgan fingerprint density at radius 2 is 2.04 bits per heavy atom. The summed E-state index contributed by atoms with van der Waals surface area (Å²) in [6.07, 6.45) is 4.08. The zero-order valence-electron chi connectivity index (χ0n) is 15.0. The van der Waals surface area contributed by atoms with Gasteiger partial charge in [0.15, 0.2) is 5.78 Å². The Balaban J connectivity index is 2.20. The highest BCUT2D eigenvalue weighted by Crippen LogP contribution is 2.46. The lowest BCUT2D eigenvalue weighted by Crippen LogP contribution is -2.43. The van der Waals surface area contributed by atoms with Gasteiger partial charge in [0.05, 0.1) is 12.6 Å². The number of hydrogen-bond donors (Lipinski definition) is 0. The van der Waals surface area contributed by atoms with Gasteiger partial charge in [-0.1, -0.05) is 30.7 Å². The quantitative estimate of drug-likeness (QED) is 0.561. The maximum absolute atomic E-state index is 12.6. The molecule has 5 heteroatoms. The van der Waals surface area contributed by atoms with Crippen LogP contribution in [0.3, 0.4) is 0 Å². The Morgan fingerprint density at radius 1 is 1.28 bits per heavy atom. The van der Waals surface area contributed by atoms with Crippen LogP contribution in [0.1, 0.15) is 49.0 Å². The standard InChI is InChI=1S/C20H24ClNO3/c1-19(2)13-25-18(22-19)20(10-6-7-11-21)15-9-5-4-8-14(15)16(23)12-17(20)24-3/h4-5,8-9,12H,6-7,10-11,13H2,1-3H3/t20-/m1/s1. The van der Waals surface area contributed by atoms with Gasteiger partial charge < -0.3 is 9.47 Å². The van der Waals surface area contributed by atoms with Crippen LogP contribution in [0.25, 0.3) is 0 Å². The first-order valence-electron chi connectivity index (χ1n) is 8.64. The van der Waals surface area contributed by atoms with E-state index in [0.717, 1.165) is 24.8 Å². The fourth-order valence-electron chi connectivity index (χ4n) is 3.63. The van der Waals surface area contributed by atoms with Crippen LogP contribution in [-0.2, 0) is 14.9 Å². The van der Waals surface area contributed by atoms with E-state index in [1.807, 2.05) is 38.1 Å². The van der Waals surface area contributed by atoms with Crippen LogP contribution in [0.5, 0.6) is 0 Å². The number of hydrogen-bond acceptors (Lipinski definition) is 4. The predicted molar refractivity (Wildman–Crippen MR) is 99.6 cm³/mol. The van der Waals surface area contributed by atoms with Crippen molar-refractivity contribution in [3.63, 3.8) is 0 Å². The van der Waals surface area contributed by atoms with E-state index in [1.54, 1.807) is 13.2 Å². The highest BCUT2D eigenvalue weighted by molar-refractivity contribution is 6.17. The second kappa shape index (κ2) is 6.83. The minimum absolute atomic E-state index is 0.0433. The number of halogens is 1. The molecule has 1 aromatic rings. The molecule has 0 fully saturated rings. The number of alkyl halides is 1. The van der Waals surface area contributed by atoms with E-state index >= 15 is 0 Å². The summed E-state index contributed by atoms with van der Waals surface area (Å²) in [7, 11) is 1.60. The van der Waals surface area contributed by atoms with Crippen molar-refractivity contribution < 1.29 is 14.3 Å². The first kappa shape index (κ1) is 18.0. The van der Waals surface area contributed by atoms with Crippen LogP contribution >= 0.6 is 11.6 Å². The number of benzene rings is 1. The zero-order chi connectivity index (χ0) is 18.1. The summed E-state index contributed by atoms with van der Waals surface area (Å²) in [6, 6.07) is 7.67. The van der Waals surface area contributed by atoms with Crippen molar-refractivity contribution in [2.24, 2.45) is 4.99 Å². The minimum Gasteiger partial charge on any atom is -0.499 e. The molecular weight excluding hydrogens is 338 g/mol. The molecule has 0 radical (unpaired) electrons. The third kappa shape index (κ3) is 3.08. The molecule has 1 aliphatic carbocycles. The van der Waals surface area contributed by atoms with Crippen LogP contribution in [0, 0.1) is 0 Å². The molecule has 2 aliphatic rings. The number of ether oxygens (including phenoxy) is 2. The molecule has 134 valence electrons. The smallest absolute Gasteiger partial charge is 0.202 e. The number of aliphatic imine (C=N–C) groups is 1. The third-order valence-electron chi connectivity index (χ3n) is 4.82. The molecule has 3 rings (SSSR count). The SMILES string of the molecule is COC1=CC(=O)c2ccccc2[C@@]1(CCCCCl)C1=NC(C)(C)CO1. The highest BCUT2D eigenvalue weighted by Gasteiger charge is 2.51. The second-order valence-electron chi connectivity index (χ2n) is 7.19. The molecule has 0 unspecified atom stereocenters.